The predicted molar refractivity (Wildman–Crippen MR) is 160 cm³/mol. The molecule has 5 atom stereocenters. The summed E-state index contributed by atoms with van der Waals surface area (Å²) in [5, 5.41) is 13.9. The number of β-lactam (4-membered cyclic amide) rings is 1. The van der Waals surface area contributed by atoms with Crippen LogP contribution in [0.2, 0.25) is 18.1 Å². The van der Waals surface area contributed by atoms with Crippen LogP contribution >= 0.6 is 0 Å². The van der Waals surface area contributed by atoms with E-state index in [4.69, 9.17) is 9.16 Å². The zero-order valence-corrected chi connectivity index (χ0v) is 26.8. The van der Waals surface area contributed by atoms with E-state index in [2.05, 4.69) is 31.0 Å². The van der Waals surface area contributed by atoms with E-state index in [9.17, 15) is 29.3 Å². The lowest BCUT2D eigenvalue weighted by Crippen LogP contribution is -2.65. The van der Waals surface area contributed by atoms with Crippen LogP contribution in [-0.4, -0.2) is 84.6 Å². The molecule has 0 bridgehead atoms. The van der Waals surface area contributed by atoms with Crippen molar-refractivity contribution >= 4 is 37.8 Å². The average Bonchev–Trinajstić information content (AvgIpc) is 3.51. The van der Waals surface area contributed by atoms with Crippen LogP contribution in [0.15, 0.2) is 35.5 Å². The number of likely N-dealkylation sites (tertiary alicyclic amines) is 1. The third-order valence-electron chi connectivity index (χ3n) is 9.44. The summed E-state index contributed by atoms with van der Waals surface area (Å²) >= 11 is 0. The number of ether oxygens (including phenoxy) is 1. The first-order valence-corrected chi connectivity index (χ1v) is 17.6. The number of nitro benzene ring substituents is 1. The number of esters is 2. The van der Waals surface area contributed by atoms with Gasteiger partial charge in [0.05, 0.1) is 28.6 Å². The van der Waals surface area contributed by atoms with Crippen LogP contribution in [0.1, 0.15) is 58.3 Å². The maximum Gasteiger partial charge on any atom is 0.362 e. The second-order valence-electron chi connectivity index (χ2n) is 11.9. The Morgan fingerprint density at radius 3 is 2.30 bits per heavy atom. The zero-order chi connectivity index (χ0) is 31.6. The molecule has 4 rings (SSSR count). The van der Waals surface area contributed by atoms with Gasteiger partial charge in [-0.25, -0.2) is 9.59 Å². The fourth-order valence-corrected chi connectivity index (χ4v) is 9.77. The van der Waals surface area contributed by atoms with Crippen LogP contribution in [0.4, 0.5) is 5.69 Å². The molecule has 2 fully saturated rings. The van der Waals surface area contributed by atoms with E-state index in [0.717, 1.165) is 36.7 Å². The second kappa shape index (κ2) is 13.1. The van der Waals surface area contributed by atoms with Crippen molar-refractivity contribution in [3.05, 3.63) is 51.2 Å². The van der Waals surface area contributed by atoms with Gasteiger partial charge in [-0.05, 0) is 49.2 Å². The molecular weight excluding hydrogens is 572 g/mol. The lowest BCUT2D eigenvalue weighted by atomic mass is 9.77. The van der Waals surface area contributed by atoms with Crippen molar-refractivity contribution in [3.8, 4) is 0 Å². The first kappa shape index (κ1) is 32.5. The molecule has 1 N–H and O–H groups in total. The summed E-state index contributed by atoms with van der Waals surface area (Å²) in [6.07, 6.45) is 0.439. The van der Waals surface area contributed by atoms with Crippen LogP contribution < -0.4 is 5.32 Å². The van der Waals surface area contributed by atoms with Crippen LogP contribution in [0.5, 0.6) is 0 Å². The highest BCUT2D eigenvalue weighted by atomic mass is 28.4. The van der Waals surface area contributed by atoms with E-state index in [-0.39, 0.29) is 52.9 Å². The summed E-state index contributed by atoms with van der Waals surface area (Å²) in [5.41, 5.74) is 0.576. The second-order valence-corrected chi connectivity index (χ2v) is 16.6. The molecule has 3 aliphatic heterocycles. The highest BCUT2D eigenvalue weighted by Crippen LogP contribution is 2.49. The fraction of sp³-hybridized carbons (Fsp3) is 0.600. The molecule has 43 heavy (non-hydrogen) atoms. The SMILES string of the molecule is CC[Si](CC)(CC)O[C@H](C)C1C(=O)N2C(C(=O)OC(=O)c3ccc([N+](=O)[O-])cc3)=C(CN3CC[C@H](NC(C)=O)C3)[C@H](C)[C@H]12. The molecule has 0 aliphatic carbocycles. The molecule has 3 heterocycles. The minimum absolute atomic E-state index is 0.0102. The van der Waals surface area contributed by atoms with Crippen LogP contribution in [0.25, 0.3) is 0 Å². The normalized spacial score (nSPS) is 24.4. The third-order valence-corrected chi connectivity index (χ3v) is 14.2. The number of amides is 2. The largest absolute Gasteiger partial charge is 0.413 e. The molecule has 3 aliphatic rings. The van der Waals surface area contributed by atoms with Crippen molar-refractivity contribution in [2.75, 3.05) is 19.6 Å². The topological polar surface area (TPSA) is 148 Å². The number of non-ortho nitro benzene ring substituents is 1. The Bertz CT molecular complexity index is 1300. The van der Waals surface area contributed by atoms with E-state index in [1.165, 1.54) is 24.0 Å². The summed E-state index contributed by atoms with van der Waals surface area (Å²) in [6, 6.07) is 7.31. The number of nitrogens with zero attached hydrogens (tertiary/aromatic N) is 3. The Morgan fingerprint density at radius 2 is 1.74 bits per heavy atom. The van der Waals surface area contributed by atoms with Gasteiger partial charge in [0.15, 0.2) is 8.32 Å². The Morgan fingerprint density at radius 1 is 1.12 bits per heavy atom. The Hall–Kier alpha value is -3.42. The van der Waals surface area contributed by atoms with Gasteiger partial charge in [0, 0.05) is 50.7 Å². The maximum absolute atomic E-state index is 13.7. The fourth-order valence-electron chi connectivity index (χ4n) is 6.83. The number of hydrogen-bond acceptors (Lipinski definition) is 9. The molecule has 1 unspecified atom stereocenters. The number of nitro groups is 1. The third kappa shape index (κ3) is 6.43. The number of hydrogen-bond donors (Lipinski definition) is 1. The minimum Gasteiger partial charge on any atom is -0.413 e. The van der Waals surface area contributed by atoms with Gasteiger partial charge in [-0.3, -0.25) is 24.6 Å². The molecule has 13 heteroatoms. The Labute approximate surface area is 253 Å². The van der Waals surface area contributed by atoms with E-state index >= 15 is 0 Å². The van der Waals surface area contributed by atoms with E-state index in [1.54, 1.807) is 0 Å². The molecule has 0 radical (unpaired) electrons. The van der Waals surface area contributed by atoms with Gasteiger partial charge in [-0.2, -0.15) is 0 Å². The Kier molecular flexibility index (Phi) is 9.87. The van der Waals surface area contributed by atoms with E-state index in [1.807, 2.05) is 13.8 Å². The molecule has 1 aromatic carbocycles. The van der Waals surface area contributed by atoms with Gasteiger partial charge in [0.25, 0.3) is 5.69 Å². The number of nitrogens with one attached hydrogen (secondary N) is 1. The summed E-state index contributed by atoms with van der Waals surface area (Å²) < 4.78 is 12.0. The van der Waals surface area contributed by atoms with Crippen LogP contribution in [0, 0.1) is 22.0 Å². The first-order chi connectivity index (χ1) is 20.4. The quantitative estimate of drug-likeness (QED) is 0.0930. The molecule has 0 spiro atoms. The standard InChI is InChI=1S/C30H42N4O8Si/c1-7-43(8-2,9-3)42-19(5)25-26-18(4)24(17-32-15-14-22(16-32)31-20(6)35)27(33(26)28(25)36)30(38)41-29(37)21-10-12-23(13-11-21)34(39)40/h10-13,18-19,22,25-26H,7-9,14-17H2,1-6H3,(H,31,35)/t18-,19+,22-,25?,26+/m0/s1. The smallest absolute Gasteiger partial charge is 0.362 e. The molecule has 2 amide bonds. The van der Waals surface area contributed by atoms with Crippen molar-refractivity contribution in [1.82, 2.24) is 15.1 Å². The zero-order valence-electron chi connectivity index (χ0n) is 25.8. The van der Waals surface area contributed by atoms with Crippen LogP contribution in [-0.2, 0) is 23.5 Å². The molecular formula is C30H42N4O8Si. The molecule has 0 saturated carbocycles. The number of fused-ring (bicyclic) bond motifs is 1. The van der Waals surface area contributed by atoms with Gasteiger partial charge < -0.3 is 19.4 Å². The highest BCUT2D eigenvalue weighted by molar-refractivity contribution is 6.73. The average molecular weight is 615 g/mol. The van der Waals surface area contributed by atoms with Crippen LogP contribution in [0.3, 0.4) is 0 Å². The number of rotatable bonds is 12. The van der Waals surface area contributed by atoms with Crippen molar-refractivity contribution < 1.29 is 33.3 Å². The minimum atomic E-state index is -2.00. The van der Waals surface area contributed by atoms with Crippen molar-refractivity contribution in [2.24, 2.45) is 11.8 Å². The van der Waals surface area contributed by atoms with Crippen molar-refractivity contribution in [3.63, 3.8) is 0 Å². The number of carbonyl (C=O) groups is 4. The van der Waals surface area contributed by atoms with Crippen molar-refractivity contribution in [1.29, 1.82) is 0 Å². The van der Waals surface area contributed by atoms with Gasteiger partial charge >= 0.3 is 11.9 Å². The Balaban J connectivity index is 1.59. The van der Waals surface area contributed by atoms with E-state index < -0.39 is 31.1 Å². The molecule has 234 valence electrons. The molecule has 0 aromatic heterocycles. The van der Waals surface area contributed by atoms with Gasteiger partial charge in [0.2, 0.25) is 11.8 Å². The van der Waals surface area contributed by atoms with E-state index in [0.29, 0.717) is 25.2 Å². The molecule has 12 nitrogen and oxygen atoms in total. The van der Waals surface area contributed by atoms with Crippen molar-refractivity contribution in [2.45, 2.75) is 84.3 Å². The monoisotopic (exact) mass is 614 g/mol. The first-order valence-electron chi connectivity index (χ1n) is 15.1. The number of carbonyl (C=O) groups excluding carboxylic acids is 4. The summed E-state index contributed by atoms with van der Waals surface area (Å²) in [6.45, 7) is 13.5. The number of benzene rings is 1. The lowest BCUT2D eigenvalue weighted by molar-refractivity contribution is -0.384. The molecule has 1 aromatic rings. The predicted octanol–water partition coefficient (Wildman–Crippen LogP) is 3.63. The summed E-state index contributed by atoms with van der Waals surface area (Å²) in [7, 11) is -2.00. The van der Waals surface area contributed by atoms with Gasteiger partial charge in [-0.15, -0.1) is 0 Å². The maximum atomic E-state index is 13.7. The van der Waals surface area contributed by atoms with Gasteiger partial charge in [0.1, 0.15) is 5.70 Å². The van der Waals surface area contributed by atoms with Gasteiger partial charge in [-0.1, -0.05) is 27.7 Å². The lowest BCUT2D eigenvalue weighted by Gasteiger charge is -2.49. The highest BCUT2D eigenvalue weighted by Gasteiger charge is 2.61. The summed E-state index contributed by atoms with van der Waals surface area (Å²) in [5.74, 6) is -2.83. The summed E-state index contributed by atoms with van der Waals surface area (Å²) in [4.78, 5) is 65.8. The molecule has 2 saturated heterocycles.